The fourth-order valence-corrected chi connectivity index (χ4v) is 4.31. The first-order chi connectivity index (χ1) is 17.8. The molecule has 0 saturated heterocycles. The molecule has 3 heterocycles. The van der Waals surface area contributed by atoms with Crippen molar-refractivity contribution in [3.8, 4) is 0 Å². The van der Waals surface area contributed by atoms with Crippen molar-refractivity contribution in [3.05, 3.63) is 64.6 Å². The first-order valence-electron chi connectivity index (χ1n) is 11.9. The third kappa shape index (κ3) is 4.86. The van der Waals surface area contributed by atoms with Crippen molar-refractivity contribution in [3.63, 3.8) is 0 Å². The number of nitrogen functional groups attached to an aromatic ring is 1. The molecule has 0 spiro atoms. The molecule has 10 heteroatoms. The Morgan fingerprint density at radius 3 is 2.76 bits per heavy atom. The molecule has 1 aliphatic rings. The molecule has 0 saturated carbocycles. The van der Waals surface area contributed by atoms with E-state index in [1.807, 2.05) is 32.9 Å². The van der Waals surface area contributed by atoms with E-state index in [0.717, 1.165) is 33.8 Å². The van der Waals surface area contributed by atoms with Crippen LogP contribution in [0.2, 0.25) is 0 Å². The van der Waals surface area contributed by atoms with Gasteiger partial charge in [-0.2, -0.15) is 0 Å². The largest absolute Gasteiger partial charge is 0.398 e. The average Bonchev–Trinajstić information content (AvgIpc) is 3.27. The summed E-state index contributed by atoms with van der Waals surface area (Å²) in [7, 11) is 0. The van der Waals surface area contributed by atoms with Crippen LogP contribution in [-0.4, -0.2) is 39.7 Å². The zero-order valence-corrected chi connectivity index (χ0v) is 21.3. The van der Waals surface area contributed by atoms with Crippen LogP contribution < -0.4 is 32.7 Å². The smallest absolute Gasteiger partial charge is 0.269 e. The van der Waals surface area contributed by atoms with E-state index in [1.165, 1.54) is 6.21 Å². The van der Waals surface area contributed by atoms with Crippen LogP contribution in [0.5, 0.6) is 0 Å². The van der Waals surface area contributed by atoms with Crippen LogP contribution in [0.1, 0.15) is 45.2 Å². The first kappa shape index (κ1) is 25.4. The number of aliphatic imine (C=N–C) groups is 2. The molecular formula is C27H31N9O. The maximum atomic E-state index is 12.8. The number of aromatic amines is 1. The van der Waals surface area contributed by atoms with Crippen molar-refractivity contribution in [2.45, 2.75) is 40.3 Å². The summed E-state index contributed by atoms with van der Waals surface area (Å²) in [4.78, 5) is 29.6. The van der Waals surface area contributed by atoms with E-state index >= 15 is 0 Å². The fourth-order valence-electron chi connectivity index (χ4n) is 4.31. The first-order valence-corrected chi connectivity index (χ1v) is 11.9. The fraction of sp³-hybridized carbons (Fsp3) is 0.222. The highest BCUT2D eigenvalue weighted by Gasteiger charge is 2.18. The Bertz CT molecular complexity index is 1610. The van der Waals surface area contributed by atoms with Gasteiger partial charge in [0.05, 0.1) is 11.1 Å². The van der Waals surface area contributed by atoms with Crippen LogP contribution in [0.15, 0.2) is 52.8 Å². The molecule has 1 atom stereocenters. The van der Waals surface area contributed by atoms with E-state index in [9.17, 15) is 4.79 Å². The predicted octanol–water partition coefficient (Wildman–Crippen LogP) is 2.10. The minimum Gasteiger partial charge on any atom is -0.398 e. The van der Waals surface area contributed by atoms with E-state index in [1.54, 1.807) is 37.7 Å². The van der Waals surface area contributed by atoms with E-state index in [-0.39, 0.29) is 11.9 Å². The van der Waals surface area contributed by atoms with Gasteiger partial charge in [0, 0.05) is 63.5 Å². The Morgan fingerprint density at radius 2 is 2.08 bits per heavy atom. The molecule has 1 amide bonds. The summed E-state index contributed by atoms with van der Waals surface area (Å²) in [6.07, 6.45) is 6.85. The molecule has 0 radical (unpaired) electrons. The quantitative estimate of drug-likeness (QED) is 0.216. The van der Waals surface area contributed by atoms with Gasteiger partial charge < -0.3 is 32.5 Å². The number of amides is 1. The van der Waals surface area contributed by atoms with Crippen molar-refractivity contribution in [1.82, 2.24) is 15.3 Å². The molecule has 37 heavy (non-hydrogen) atoms. The Labute approximate surface area is 214 Å². The molecule has 1 unspecified atom stereocenters. The van der Waals surface area contributed by atoms with Crippen LogP contribution in [0.4, 0.5) is 11.5 Å². The number of anilines is 2. The second-order valence-corrected chi connectivity index (χ2v) is 8.78. The summed E-state index contributed by atoms with van der Waals surface area (Å²) < 4.78 is 0. The number of rotatable bonds is 7. The van der Waals surface area contributed by atoms with Gasteiger partial charge >= 0.3 is 0 Å². The van der Waals surface area contributed by atoms with E-state index < -0.39 is 5.91 Å². The topological polar surface area (TPSA) is 170 Å². The second kappa shape index (κ2) is 10.5. The number of pyridine rings is 1. The van der Waals surface area contributed by atoms with E-state index in [4.69, 9.17) is 21.9 Å². The van der Waals surface area contributed by atoms with Gasteiger partial charge in [0.25, 0.3) is 5.91 Å². The molecule has 0 bridgehead atoms. The molecule has 3 aromatic rings. The molecule has 4 rings (SSSR count). The average molecular weight is 498 g/mol. The molecule has 8 N–H and O–H groups in total. The normalized spacial score (nSPS) is 17.1. The second-order valence-electron chi connectivity index (χ2n) is 8.78. The lowest BCUT2D eigenvalue weighted by Gasteiger charge is -2.22. The molecule has 1 aromatic carbocycles. The number of primary amides is 1. The summed E-state index contributed by atoms with van der Waals surface area (Å²) in [6, 6.07) is 7.25. The lowest BCUT2D eigenvalue weighted by molar-refractivity contribution is -0.113. The lowest BCUT2D eigenvalue weighted by atomic mass is 10.0. The lowest BCUT2D eigenvalue weighted by Crippen LogP contribution is -2.41. The summed E-state index contributed by atoms with van der Waals surface area (Å²) in [5.74, 6) is -0.0946. The van der Waals surface area contributed by atoms with Gasteiger partial charge in [-0.25, -0.2) is 9.98 Å². The number of fused-ring (bicyclic) bond motifs is 1. The van der Waals surface area contributed by atoms with E-state index in [2.05, 4.69) is 25.6 Å². The summed E-state index contributed by atoms with van der Waals surface area (Å²) in [6.45, 7) is 7.73. The number of nitrogens with two attached hydrogens (primary N) is 2. The number of nitrogens with zero attached hydrogens (tertiary/aromatic N) is 3. The summed E-state index contributed by atoms with van der Waals surface area (Å²) >= 11 is 0. The Hall–Kier alpha value is -4.73. The molecule has 10 nitrogen and oxygen atoms in total. The minimum atomic E-state index is -0.680. The van der Waals surface area contributed by atoms with E-state index in [0.29, 0.717) is 33.7 Å². The van der Waals surface area contributed by atoms with Gasteiger partial charge in [-0.15, -0.1) is 0 Å². The third-order valence-electron chi connectivity index (χ3n) is 6.40. The SMILES string of the molecule is CC/C(C)=c1/c(=C(\N=C(C)c2cccnc2NC2NC=CN=C2C)C(N)=O)[nH]c2ccc(N)c(C=N)c12. The number of hydrogen-bond donors (Lipinski definition) is 6. The van der Waals surface area contributed by atoms with Gasteiger partial charge in [0.2, 0.25) is 0 Å². The summed E-state index contributed by atoms with van der Waals surface area (Å²) in [5.41, 5.74) is 17.1. The zero-order valence-electron chi connectivity index (χ0n) is 21.3. The van der Waals surface area contributed by atoms with Crippen LogP contribution >= 0.6 is 0 Å². The maximum absolute atomic E-state index is 12.8. The van der Waals surface area contributed by atoms with Gasteiger partial charge in [-0.1, -0.05) is 12.5 Å². The van der Waals surface area contributed by atoms with Crippen LogP contribution in [0.25, 0.3) is 22.2 Å². The number of benzene rings is 1. The molecule has 0 aliphatic carbocycles. The number of nitrogens with one attached hydrogen (secondary N) is 4. The number of carbonyl (C=O) groups is 1. The predicted molar refractivity (Wildman–Crippen MR) is 151 cm³/mol. The van der Waals surface area contributed by atoms with Gasteiger partial charge in [-0.3, -0.25) is 9.79 Å². The minimum absolute atomic E-state index is 0.0808. The monoisotopic (exact) mass is 497 g/mol. The maximum Gasteiger partial charge on any atom is 0.269 e. The Balaban J connectivity index is 1.97. The molecule has 1 aliphatic heterocycles. The highest BCUT2D eigenvalue weighted by Crippen LogP contribution is 2.20. The highest BCUT2D eigenvalue weighted by atomic mass is 16.1. The molecule has 2 aromatic heterocycles. The van der Waals surface area contributed by atoms with Crippen molar-refractivity contribution in [2.75, 3.05) is 11.1 Å². The van der Waals surface area contributed by atoms with Gasteiger partial charge in [-0.05, 0) is 51.5 Å². The van der Waals surface area contributed by atoms with Gasteiger partial charge in [0.1, 0.15) is 12.0 Å². The Kier molecular flexibility index (Phi) is 7.19. The van der Waals surface area contributed by atoms with Crippen LogP contribution in [0, 0.1) is 5.41 Å². The highest BCUT2D eigenvalue weighted by molar-refractivity contribution is 6.17. The van der Waals surface area contributed by atoms with Crippen molar-refractivity contribution >= 4 is 57.2 Å². The number of carbonyl (C=O) groups excluding carboxylic acids is 1. The van der Waals surface area contributed by atoms with Crippen LogP contribution in [-0.2, 0) is 4.79 Å². The van der Waals surface area contributed by atoms with Crippen molar-refractivity contribution in [2.24, 2.45) is 15.7 Å². The number of hydrogen-bond acceptors (Lipinski definition) is 8. The third-order valence-corrected chi connectivity index (χ3v) is 6.40. The number of H-pyrrole nitrogens is 1. The molecular weight excluding hydrogens is 466 g/mol. The standard InChI is InChI=1S/C27H31N9O/c1-5-14(2)21-22-18(13-28)19(29)8-9-20(22)35-23(21)24(25(30)37)34-15(3)17-7-6-10-32-27(17)36-26-16(4)31-11-12-33-26/h6-13,26,28,33,35H,5,29H2,1-4H3,(H2,30,37)(H,32,36)/b21-14+,24-23+,28-13?,34-15?. The van der Waals surface area contributed by atoms with Gasteiger partial charge in [0.15, 0.2) is 5.70 Å². The molecule has 190 valence electrons. The Morgan fingerprint density at radius 1 is 1.30 bits per heavy atom. The number of aromatic nitrogens is 2. The zero-order chi connectivity index (χ0) is 26.7. The van der Waals surface area contributed by atoms with Crippen LogP contribution in [0.3, 0.4) is 0 Å². The summed E-state index contributed by atoms with van der Waals surface area (Å²) in [5, 5.41) is 16.5. The van der Waals surface area contributed by atoms with Crippen molar-refractivity contribution < 1.29 is 4.79 Å². The van der Waals surface area contributed by atoms with Crippen molar-refractivity contribution in [1.29, 1.82) is 5.41 Å². The molecule has 0 fully saturated rings.